The maximum Gasteiger partial charge on any atom is 0.100 e. The predicted octanol–water partition coefficient (Wildman–Crippen LogP) is 5.16. The summed E-state index contributed by atoms with van der Waals surface area (Å²) in [5.74, 6) is 0. The first-order valence-electron chi connectivity index (χ1n) is 11.1. The Bertz CT molecular complexity index is 1380. The largest absolute Gasteiger partial charge is 0.306 e. The number of hydrogen-bond donors (Lipinski definition) is 0. The second kappa shape index (κ2) is 7.77. The van der Waals surface area contributed by atoms with Crippen molar-refractivity contribution in [1.82, 2.24) is 24.0 Å². The minimum atomic E-state index is 0.499. The maximum absolute atomic E-state index is 4.55. The average molecular weight is 420 g/mol. The van der Waals surface area contributed by atoms with Crippen molar-refractivity contribution in [3.63, 3.8) is 0 Å². The number of benzene rings is 3. The summed E-state index contributed by atoms with van der Waals surface area (Å²) in [6.45, 7) is 4.22. The summed E-state index contributed by atoms with van der Waals surface area (Å²) in [6.07, 6.45) is 8.67. The highest BCUT2D eigenvalue weighted by Crippen LogP contribution is 2.27. The second-order valence-electron chi connectivity index (χ2n) is 8.65. The van der Waals surface area contributed by atoms with Gasteiger partial charge in [-0.25, -0.2) is 9.97 Å². The van der Waals surface area contributed by atoms with Gasteiger partial charge in [0, 0.05) is 42.9 Å². The SMILES string of the molecule is CC1Cc2ccc(-n3ccnc3)cc2CN1Cc1cccc(-n2cnc3ccccc32)c1. The fourth-order valence-corrected chi connectivity index (χ4v) is 4.77. The van der Waals surface area contributed by atoms with E-state index >= 15 is 0 Å². The van der Waals surface area contributed by atoms with Gasteiger partial charge in [0.2, 0.25) is 0 Å². The summed E-state index contributed by atoms with van der Waals surface area (Å²) in [4.78, 5) is 11.3. The number of nitrogens with zero attached hydrogens (tertiary/aromatic N) is 5. The zero-order valence-corrected chi connectivity index (χ0v) is 18.1. The lowest BCUT2D eigenvalue weighted by atomic mass is 9.93. The third-order valence-corrected chi connectivity index (χ3v) is 6.53. The van der Waals surface area contributed by atoms with Gasteiger partial charge in [-0.3, -0.25) is 9.47 Å². The minimum Gasteiger partial charge on any atom is -0.306 e. The Labute approximate surface area is 187 Å². The molecular formula is C27H25N5. The quantitative estimate of drug-likeness (QED) is 0.404. The van der Waals surface area contributed by atoms with Crippen LogP contribution < -0.4 is 0 Å². The topological polar surface area (TPSA) is 38.9 Å². The highest BCUT2D eigenvalue weighted by Gasteiger charge is 2.23. The maximum atomic E-state index is 4.55. The zero-order chi connectivity index (χ0) is 21.5. The number of para-hydroxylation sites is 2. The number of aromatic nitrogens is 4. The highest BCUT2D eigenvalue weighted by molar-refractivity contribution is 5.77. The van der Waals surface area contributed by atoms with Gasteiger partial charge in [-0.05, 0) is 66.4 Å². The van der Waals surface area contributed by atoms with E-state index in [9.17, 15) is 0 Å². The molecule has 5 aromatic rings. The molecule has 6 rings (SSSR count). The molecule has 1 aliphatic rings. The molecule has 3 aromatic carbocycles. The van der Waals surface area contributed by atoms with Gasteiger partial charge in [-0.2, -0.15) is 0 Å². The number of imidazole rings is 2. The van der Waals surface area contributed by atoms with Crippen LogP contribution in [0.1, 0.15) is 23.6 Å². The van der Waals surface area contributed by atoms with Crippen LogP contribution in [0.2, 0.25) is 0 Å². The normalized spacial score (nSPS) is 16.3. The summed E-state index contributed by atoms with van der Waals surface area (Å²) in [5.41, 5.74) is 8.67. The zero-order valence-electron chi connectivity index (χ0n) is 18.1. The van der Waals surface area contributed by atoms with Gasteiger partial charge in [-0.15, -0.1) is 0 Å². The highest BCUT2D eigenvalue weighted by atomic mass is 15.2. The van der Waals surface area contributed by atoms with E-state index in [0.717, 1.165) is 36.2 Å². The van der Waals surface area contributed by atoms with Gasteiger partial charge >= 0.3 is 0 Å². The van der Waals surface area contributed by atoms with Gasteiger partial charge in [0.1, 0.15) is 6.33 Å². The molecule has 1 unspecified atom stereocenters. The van der Waals surface area contributed by atoms with Crippen molar-refractivity contribution < 1.29 is 0 Å². The predicted molar refractivity (Wildman–Crippen MR) is 127 cm³/mol. The van der Waals surface area contributed by atoms with E-state index in [2.05, 4.69) is 91.6 Å². The van der Waals surface area contributed by atoms with Gasteiger partial charge < -0.3 is 4.57 Å². The van der Waals surface area contributed by atoms with Gasteiger partial charge in [0.15, 0.2) is 0 Å². The Morgan fingerprint density at radius 2 is 1.84 bits per heavy atom. The van der Waals surface area contributed by atoms with Crippen molar-refractivity contribution >= 4 is 11.0 Å². The Hall–Kier alpha value is -3.70. The lowest BCUT2D eigenvalue weighted by Crippen LogP contribution is -2.37. The molecule has 0 N–H and O–H groups in total. The van der Waals surface area contributed by atoms with E-state index in [1.165, 1.54) is 22.4 Å². The molecule has 2 aromatic heterocycles. The third-order valence-electron chi connectivity index (χ3n) is 6.53. The number of hydrogen-bond acceptors (Lipinski definition) is 3. The molecule has 0 radical (unpaired) electrons. The van der Waals surface area contributed by atoms with E-state index in [1.54, 1.807) is 0 Å². The van der Waals surface area contributed by atoms with Crippen LogP contribution in [0.5, 0.6) is 0 Å². The molecule has 5 nitrogen and oxygen atoms in total. The average Bonchev–Trinajstić information content (AvgIpc) is 3.50. The number of fused-ring (bicyclic) bond motifs is 2. The lowest BCUT2D eigenvalue weighted by Gasteiger charge is -2.35. The van der Waals surface area contributed by atoms with Crippen LogP contribution in [0.3, 0.4) is 0 Å². The number of rotatable bonds is 4. The molecule has 0 saturated heterocycles. The third kappa shape index (κ3) is 3.41. The fraction of sp³-hybridized carbons (Fsp3) is 0.185. The Morgan fingerprint density at radius 3 is 2.75 bits per heavy atom. The molecular weight excluding hydrogens is 394 g/mol. The van der Waals surface area contributed by atoms with Crippen molar-refractivity contribution in [2.75, 3.05) is 0 Å². The van der Waals surface area contributed by atoms with Crippen LogP contribution in [0.25, 0.3) is 22.4 Å². The molecule has 1 atom stereocenters. The van der Waals surface area contributed by atoms with Gasteiger partial charge in [0.05, 0.1) is 17.4 Å². The van der Waals surface area contributed by atoms with Crippen molar-refractivity contribution in [2.45, 2.75) is 32.5 Å². The summed E-state index contributed by atoms with van der Waals surface area (Å²) in [6, 6.07) is 24.4. The van der Waals surface area contributed by atoms with E-state index in [1.807, 2.05) is 31.1 Å². The standard InChI is InChI=1S/C27H25N5/c1-20-13-22-9-10-24(30-12-11-28-18-30)15-23(22)17-31(20)16-21-5-4-6-25(14-21)32-19-29-26-7-2-3-8-27(26)32/h2-12,14-15,18-20H,13,16-17H2,1H3. The molecule has 5 heteroatoms. The lowest BCUT2D eigenvalue weighted by molar-refractivity contribution is 0.175. The van der Waals surface area contributed by atoms with Crippen molar-refractivity contribution in [3.05, 3.63) is 108 Å². The van der Waals surface area contributed by atoms with Crippen molar-refractivity contribution in [3.8, 4) is 11.4 Å². The van der Waals surface area contributed by atoms with Crippen LogP contribution in [-0.4, -0.2) is 30.0 Å². The summed E-state index contributed by atoms with van der Waals surface area (Å²) < 4.78 is 4.24. The van der Waals surface area contributed by atoms with E-state index in [4.69, 9.17) is 0 Å². The molecule has 1 aliphatic heterocycles. The summed E-state index contributed by atoms with van der Waals surface area (Å²) >= 11 is 0. The van der Waals surface area contributed by atoms with E-state index in [-0.39, 0.29) is 0 Å². The second-order valence-corrected chi connectivity index (χ2v) is 8.65. The molecule has 0 saturated carbocycles. The first-order chi connectivity index (χ1) is 15.7. The molecule has 0 spiro atoms. The first-order valence-corrected chi connectivity index (χ1v) is 11.1. The molecule has 0 amide bonds. The van der Waals surface area contributed by atoms with Crippen LogP contribution >= 0.6 is 0 Å². The smallest absolute Gasteiger partial charge is 0.100 e. The van der Waals surface area contributed by atoms with Gasteiger partial charge in [0.25, 0.3) is 0 Å². The van der Waals surface area contributed by atoms with Crippen LogP contribution in [-0.2, 0) is 19.5 Å². The Morgan fingerprint density at radius 1 is 0.906 bits per heavy atom. The van der Waals surface area contributed by atoms with Crippen molar-refractivity contribution in [1.29, 1.82) is 0 Å². The Balaban J connectivity index is 1.27. The fourth-order valence-electron chi connectivity index (χ4n) is 4.77. The first kappa shape index (κ1) is 19.0. The molecule has 0 bridgehead atoms. The summed E-state index contributed by atoms with van der Waals surface area (Å²) in [5, 5.41) is 0. The molecule has 32 heavy (non-hydrogen) atoms. The van der Waals surface area contributed by atoms with E-state index in [0.29, 0.717) is 6.04 Å². The van der Waals surface area contributed by atoms with E-state index < -0.39 is 0 Å². The molecule has 0 aliphatic carbocycles. The summed E-state index contributed by atoms with van der Waals surface area (Å²) in [7, 11) is 0. The minimum absolute atomic E-state index is 0.499. The van der Waals surface area contributed by atoms with Crippen LogP contribution in [0, 0.1) is 0 Å². The molecule has 3 heterocycles. The molecule has 158 valence electrons. The van der Waals surface area contributed by atoms with Crippen LogP contribution in [0.4, 0.5) is 0 Å². The molecule has 0 fully saturated rings. The Kier molecular flexibility index (Phi) is 4.62. The van der Waals surface area contributed by atoms with Gasteiger partial charge in [-0.1, -0.05) is 30.3 Å². The van der Waals surface area contributed by atoms with Crippen LogP contribution in [0.15, 0.2) is 91.8 Å². The van der Waals surface area contributed by atoms with Crippen molar-refractivity contribution in [2.24, 2.45) is 0 Å². The monoisotopic (exact) mass is 419 g/mol.